The minimum absolute atomic E-state index is 0.0471. The maximum atomic E-state index is 13.0. The van der Waals surface area contributed by atoms with Gasteiger partial charge in [-0.3, -0.25) is 9.59 Å². The summed E-state index contributed by atoms with van der Waals surface area (Å²) in [4.78, 5) is 30.1. The molecule has 2 N–H and O–H groups in total. The highest BCUT2D eigenvalue weighted by molar-refractivity contribution is 6.30. The molecule has 2 aromatic carbocycles. The third-order valence-electron chi connectivity index (χ3n) is 5.17. The lowest BCUT2D eigenvalue weighted by molar-refractivity contribution is 0.0939. The Balaban J connectivity index is 1.50. The molecule has 1 aliphatic heterocycles. The molecule has 6 nitrogen and oxygen atoms in total. The zero-order valence-corrected chi connectivity index (χ0v) is 17.3. The van der Waals surface area contributed by atoms with Crippen molar-refractivity contribution in [3.05, 3.63) is 82.3 Å². The van der Waals surface area contributed by atoms with Crippen LogP contribution in [0.5, 0.6) is 0 Å². The molecule has 0 spiro atoms. The van der Waals surface area contributed by atoms with Gasteiger partial charge < -0.3 is 15.2 Å². The van der Waals surface area contributed by atoms with Crippen molar-refractivity contribution in [1.82, 2.24) is 14.9 Å². The van der Waals surface area contributed by atoms with Gasteiger partial charge in [-0.05, 0) is 30.5 Å². The first kappa shape index (κ1) is 20.2. The van der Waals surface area contributed by atoms with Crippen LogP contribution in [0.4, 0.5) is 5.82 Å². The van der Waals surface area contributed by atoms with Crippen LogP contribution in [-0.2, 0) is 19.5 Å². The molecular formula is C23H23ClN4O2. The predicted octanol–water partition coefficient (Wildman–Crippen LogP) is 4.10. The van der Waals surface area contributed by atoms with Gasteiger partial charge >= 0.3 is 0 Å². The summed E-state index contributed by atoms with van der Waals surface area (Å²) in [6, 6.07) is 16.5. The number of amides is 1. The summed E-state index contributed by atoms with van der Waals surface area (Å²) in [5.74, 6) is 1.09. The standard InChI is InChI=1S/C23H23ClN4O2/c24-18-11-9-16(10-12-18)14-26-23(30)21-22(27-20-8-4-5-13-28(20)21)25-15-19(29)17-6-2-1-3-7-17/h1-3,6-7,9-12,25H,4-5,8,13-15H2,(H,26,30). The number of hydrogen-bond acceptors (Lipinski definition) is 4. The molecule has 2 heterocycles. The Morgan fingerprint density at radius 2 is 1.80 bits per heavy atom. The minimum Gasteiger partial charge on any atom is -0.361 e. The molecule has 0 atom stereocenters. The third-order valence-corrected chi connectivity index (χ3v) is 5.42. The van der Waals surface area contributed by atoms with E-state index in [2.05, 4.69) is 15.6 Å². The first-order valence-electron chi connectivity index (χ1n) is 10.1. The van der Waals surface area contributed by atoms with Gasteiger partial charge in [0, 0.05) is 30.1 Å². The highest BCUT2D eigenvalue weighted by Gasteiger charge is 2.25. The van der Waals surface area contributed by atoms with Gasteiger partial charge in [0.1, 0.15) is 5.82 Å². The second-order valence-corrected chi connectivity index (χ2v) is 7.72. The van der Waals surface area contributed by atoms with Crippen molar-refractivity contribution in [1.29, 1.82) is 0 Å². The van der Waals surface area contributed by atoms with Crippen molar-refractivity contribution in [2.45, 2.75) is 32.4 Å². The minimum atomic E-state index is -0.208. The fraction of sp³-hybridized carbons (Fsp3) is 0.261. The van der Waals surface area contributed by atoms with Gasteiger partial charge in [0.05, 0.1) is 6.54 Å². The van der Waals surface area contributed by atoms with Gasteiger partial charge in [-0.15, -0.1) is 0 Å². The molecule has 0 saturated carbocycles. The first-order valence-corrected chi connectivity index (χ1v) is 10.4. The maximum Gasteiger partial charge on any atom is 0.272 e. The second kappa shape index (κ2) is 9.13. The average molecular weight is 423 g/mol. The van der Waals surface area contributed by atoms with Gasteiger partial charge in [-0.1, -0.05) is 54.1 Å². The lowest BCUT2D eigenvalue weighted by Gasteiger charge is -2.16. The lowest BCUT2D eigenvalue weighted by Crippen LogP contribution is -2.28. The number of carbonyl (C=O) groups excluding carboxylic acids is 2. The summed E-state index contributed by atoms with van der Waals surface area (Å²) >= 11 is 5.93. The zero-order valence-electron chi connectivity index (χ0n) is 16.5. The average Bonchev–Trinajstić information content (AvgIpc) is 3.16. The Bertz CT molecular complexity index is 1050. The molecule has 3 aromatic rings. The Labute approximate surface area is 180 Å². The van der Waals surface area contributed by atoms with Gasteiger partial charge in [0.2, 0.25) is 0 Å². The Morgan fingerprint density at radius 3 is 2.57 bits per heavy atom. The number of halogens is 1. The molecule has 0 fully saturated rings. The number of anilines is 1. The van der Waals surface area contributed by atoms with Crippen LogP contribution in [-0.4, -0.2) is 27.8 Å². The quantitative estimate of drug-likeness (QED) is 0.562. The van der Waals surface area contributed by atoms with Crippen molar-refractivity contribution >= 4 is 29.1 Å². The summed E-state index contributed by atoms with van der Waals surface area (Å²) in [7, 11) is 0. The maximum absolute atomic E-state index is 13.0. The van der Waals surface area contributed by atoms with Crippen molar-refractivity contribution in [2.75, 3.05) is 11.9 Å². The van der Waals surface area contributed by atoms with Crippen molar-refractivity contribution in [2.24, 2.45) is 0 Å². The number of rotatable bonds is 7. The number of fused-ring (bicyclic) bond motifs is 1. The van der Waals surface area contributed by atoms with Crippen LogP contribution in [0, 0.1) is 0 Å². The molecule has 1 aliphatic rings. The van der Waals surface area contributed by atoms with E-state index in [1.807, 2.05) is 34.9 Å². The van der Waals surface area contributed by atoms with Crippen LogP contribution in [0.25, 0.3) is 0 Å². The number of benzene rings is 2. The van der Waals surface area contributed by atoms with E-state index in [0.29, 0.717) is 28.6 Å². The molecule has 7 heteroatoms. The molecule has 0 aliphatic carbocycles. The number of nitrogens with one attached hydrogen (secondary N) is 2. The Hall–Kier alpha value is -3.12. The van der Waals surface area contributed by atoms with Crippen molar-refractivity contribution in [3.63, 3.8) is 0 Å². The van der Waals surface area contributed by atoms with Crippen LogP contribution in [0.1, 0.15) is 45.1 Å². The Kier molecular flexibility index (Phi) is 6.14. The van der Waals surface area contributed by atoms with E-state index in [0.717, 1.165) is 37.2 Å². The number of imidazole rings is 1. The van der Waals surface area contributed by atoms with Crippen molar-refractivity contribution < 1.29 is 9.59 Å². The van der Waals surface area contributed by atoms with E-state index in [1.54, 1.807) is 24.3 Å². The van der Waals surface area contributed by atoms with Crippen LogP contribution in [0.15, 0.2) is 54.6 Å². The van der Waals surface area contributed by atoms with Crippen LogP contribution in [0.3, 0.4) is 0 Å². The molecule has 0 unspecified atom stereocenters. The number of hydrogen-bond donors (Lipinski definition) is 2. The van der Waals surface area contributed by atoms with E-state index in [4.69, 9.17) is 11.6 Å². The smallest absolute Gasteiger partial charge is 0.272 e. The summed E-state index contributed by atoms with van der Waals surface area (Å²) in [6.07, 6.45) is 2.88. The normalized spacial score (nSPS) is 12.8. The number of Topliss-reactive ketones (excluding diaryl/α,β-unsaturated/α-hetero) is 1. The Morgan fingerprint density at radius 1 is 1.03 bits per heavy atom. The molecule has 4 rings (SSSR count). The van der Waals surface area contributed by atoms with Gasteiger partial charge in [-0.25, -0.2) is 4.98 Å². The molecular weight excluding hydrogens is 400 g/mol. The molecule has 1 amide bonds. The number of aromatic nitrogens is 2. The van der Waals surface area contributed by atoms with Crippen LogP contribution < -0.4 is 10.6 Å². The molecule has 0 bridgehead atoms. The number of aryl methyl sites for hydroxylation is 1. The zero-order chi connectivity index (χ0) is 20.9. The largest absolute Gasteiger partial charge is 0.361 e. The third kappa shape index (κ3) is 4.54. The summed E-state index contributed by atoms with van der Waals surface area (Å²) in [5, 5.41) is 6.72. The van der Waals surface area contributed by atoms with Crippen LogP contribution >= 0.6 is 11.6 Å². The highest BCUT2D eigenvalue weighted by atomic mass is 35.5. The molecule has 154 valence electrons. The van der Waals surface area contributed by atoms with E-state index in [9.17, 15) is 9.59 Å². The molecule has 0 saturated heterocycles. The van der Waals surface area contributed by atoms with E-state index < -0.39 is 0 Å². The van der Waals surface area contributed by atoms with Gasteiger partial charge in [-0.2, -0.15) is 0 Å². The summed E-state index contributed by atoms with van der Waals surface area (Å²) in [6.45, 7) is 1.22. The van der Waals surface area contributed by atoms with E-state index in [-0.39, 0.29) is 18.2 Å². The second-order valence-electron chi connectivity index (χ2n) is 7.29. The lowest BCUT2D eigenvalue weighted by atomic mass is 10.1. The predicted molar refractivity (Wildman–Crippen MR) is 117 cm³/mol. The number of nitrogens with zero attached hydrogens (tertiary/aromatic N) is 2. The van der Waals surface area contributed by atoms with Gasteiger partial charge in [0.15, 0.2) is 17.3 Å². The van der Waals surface area contributed by atoms with E-state index in [1.165, 1.54) is 0 Å². The van der Waals surface area contributed by atoms with Crippen molar-refractivity contribution in [3.8, 4) is 0 Å². The summed E-state index contributed by atoms with van der Waals surface area (Å²) in [5.41, 5.74) is 2.07. The molecule has 1 aromatic heterocycles. The van der Waals surface area contributed by atoms with Crippen LogP contribution in [0.2, 0.25) is 5.02 Å². The molecule has 30 heavy (non-hydrogen) atoms. The van der Waals surface area contributed by atoms with Gasteiger partial charge in [0.25, 0.3) is 5.91 Å². The fourth-order valence-electron chi connectivity index (χ4n) is 3.60. The summed E-state index contributed by atoms with van der Waals surface area (Å²) < 4.78 is 1.97. The highest BCUT2D eigenvalue weighted by Crippen LogP contribution is 2.23. The van der Waals surface area contributed by atoms with E-state index >= 15 is 0 Å². The SMILES string of the molecule is O=C(CNc1nc2n(c1C(=O)NCc1ccc(Cl)cc1)CCCC2)c1ccccc1. The topological polar surface area (TPSA) is 76.0 Å². The molecule has 0 radical (unpaired) electrons. The number of ketones is 1. The first-order chi connectivity index (χ1) is 14.6. The number of carbonyl (C=O) groups is 2. The monoisotopic (exact) mass is 422 g/mol. The fourth-order valence-corrected chi connectivity index (χ4v) is 3.72.